The minimum atomic E-state index is -3.26. The smallest absolute Gasteiger partial charge is 0.305 e. The third kappa shape index (κ3) is 3.00. The van der Waals surface area contributed by atoms with E-state index in [2.05, 4.69) is 10.2 Å². The number of benzene rings is 1. The molecule has 1 aromatic carbocycles. The Kier molecular flexibility index (Phi) is 3.82. The number of sulfone groups is 1. The molecular formula is C12H11ClN2O4S. The van der Waals surface area contributed by atoms with Crippen molar-refractivity contribution in [3.8, 4) is 11.1 Å². The van der Waals surface area contributed by atoms with Crippen LogP contribution in [-0.4, -0.2) is 24.9 Å². The van der Waals surface area contributed by atoms with Gasteiger partial charge >= 0.3 is 5.56 Å². The molecule has 0 aliphatic carbocycles. The topological polar surface area (TPSA) is 99.9 Å². The first-order chi connectivity index (χ1) is 9.29. The Morgan fingerprint density at radius 1 is 1.20 bits per heavy atom. The molecule has 0 aliphatic heterocycles. The number of aromatic amines is 2. The van der Waals surface area contributed by atoms with Crippen molar-refractivity contribution in [2.75, 3.05) is 6.26 Å². The third-order valence-electron chi connectivity index (χ3n) is 2.64. The first-order valence-electron chi connectivity index (χ1n) is 5.55. The van der Waals surface area contributed by atoms with E-state index in [-0.39, 0.29) is 16.3 Å². The summed E-state index contributed by atoms with van der Waals surface area (Å²) >= 11 is 6.14. The molecule has 2 aromatic rings. The van der Waals surface area contributed by atoms with Crippen molar-refractivity contribution in [2.24, 2.45) is 0 Å². The highest BCUT2D eigenvalue weighted by Gasteiger charge is 2.15. The summed E-state index contributed by atoms with van der Waals surface area (Å²) in [6, 6.07) is 4.70. The van der Waals surface area contributed by atoms with Crippen molar-refractivity contribution >= 4 is 21.4 Å². The Balaban J connectivity index is 2.65. The van der Waals surface area contributed by atoms with Crippen LogP contribution < -0.4 is 11.0 Å². The number of hydrogen-bond acceptors (Lipinski definition) is 4. The second kappa shape index (κ2) is 5.26. The maximum Gasteiger partial charge on any atom is 0.310 e. The van der Waals surface area contributed by atoms with E-state index in [1.807, 2.05) is 0 Å². The van der Waals surface area contributed by atoms with E-state index in [1.54, 1.807) is 18.2 Å². The summed E-state index contributed by atoms with van der Waals surface area (Å²) in [5.74, 6) is -0.235. The lowest BCUT2D eigenvalue weighted by Crippen LogP contribution is -2.28. The number of nitrogens with one attached hydrogen (secondary N) is 2. The normalized spacial score (nSPS) is 11.5. The van der Waals surface area contributed by atoms with Gasteiger partial charge in [-0.3, -0.25) is 14.7 Å². The number of rotatable bonds is 3. The summed E-state index contributed by atoms with van der Waals surface area (Å²) in [5, 5.41) is 4.75. The summed E-state index contributed by atoms with van der Waals surface area (Å²) < 4.78 is 22.7. The lowest BCUT2D eigenvalue weighted by molar-refractivity contribution is 0.601. The van der Waals surface area contributed by atoms with E-state index < -0.39 is 20.8 Å². The predicted octanol–water partition coefficient (Wildman–Crippen LogP) is 0.928. The van der Waals surface area contributed by atoms with Crippen LogP contribution in [0.25, 0.3) is 11.1 Å². The highest BCUT2D eigenvalue weighted by Crippen LogP contribution is 2.29. The molecule has 0 amide bonds. The molecular weight excluding hydrogens is 304 g/mol. The Labute approximate surface area is 119 Å². The van der Waals surface area contributed by atoms with Gasteiger partial charge in [0.1, 0.15) is 0 Å². The molecule has 20 heavy (non-hydrogen) atoms. The van der Waals surface area contributed by atoms with Crippen molar-refractivity contribution in [3.05, 3.63) is 55.6 Å². The molecule has 2 N–H and O–H groups in total. The molecule has 0 saturated carbocycles. The van der Waals surface area contributed by atoms with Gasteiger partial charge in [-0.25, -0.2) is 8.42 Å². The largest absolute Gasteiger partial charge is 0.310 e. The summed E-state index contributed by atoms with van der Waals surface area (Å²) in [6.07, 6.45) is 2.41. The third-order valence-corrected chi connectivity index (χ3v) is 3.92. The van der Waals surface area contributed by atoms with Gasteiger partial charge in [-0.05, 0) is 5.56 Å². The minimum Gasteiger partial charge on any atom is -0.305 e. The van der Waals surface area contributed by atoms with Crippen molar-refractivity contribution in [3.63, 3.8) is 0 Å². The standard InChI is InChI=1S/C12H11ClN2O4S/c1-20(18,19)6-7-3-2-4-8(10(7)13)9-5-14-15-12(17)11(9)16/h2-5H,6H2,1H3,(H,14,16)(H,15,17). The maximum absolute atomic E-state index is 11.8. The van der Waals surface area contributed by atoms with Gasteiger partial charge in [-0.1, -0.05) is 29.8 Å². The number of hydrogen-bond donors (Lipinski definition) is 2. The Morgan fingerprint density at radius 2 is 1.90 bits per heavy atom. The number of halogens is 1. The number of aromatic nitrogens is 2. The van der Waals surface area contributed by atoms with Crippen molar-refractivity contribution in [1.82, 2.24) is 10.2 Å². The molecule has 106 valence electrons. The van der Waals surface area contributed by atoms with E-state index in [0.717, 1.165) is 6.26 Å². The minimum absolute atomic E-state index is 0.0918. The first-order valence-corrected chi connectivity index (χ1v) is 7.99. The van der Waals surface area contributed by atoms with Gasteiger partial charge < -0.3 is 5.10 Å². The monoisotopic (exact) mass is 314 g/mol. The molecule has 0 fully saturated rings. The molecule has 0 aliphatic rings. The summed E-state index contributed by atoms with van der Waals surface area (Å²) in [7, 11) is -3.26. The fourth-order valence-corrected chi connectivity index (χ4v) is 2.98. The maximum atomic E-state index is 11.8. The van der Waals surface area contributed by atoms with Crippen LogP contribution in [0.1, 0.15) is 5.56 Å². The molecule has 2 rings (SSSR count). The molecule has 8 heteroatoms. The van der Waals surface area contributed by atoms with Crippen molar-refractivity contribution in [2.45, 2.75) is 5.75 Å². The van der Waals surface area contributed by atoms with E-state index in [0.29, 0.717) is 11.1 Å². The first kappa shape index (κ1) is 14.5. The van der Waals surface area contributed by atoms with E-state index in [9.17, 15) is 18.0 Å². The number of H-pyrrole nitrogens is 2. The summed E-state index contributed by atoms with van der Waals surface area (Å²) in [6.45, 7) is 0. The van der Waals surface area contributed by atoms with Crippen LogP contribution in [-0.2, 0) is 15.6 Å². The van der Waals surface area contributed by atoms with Crippen LogP contribution in [0, 0.1) is 0 Å². The van der Waals surface area contributed by atoms with Crippen LogP contribution in [0.4, 0.5) is 0 Å². The lowest BCUT2D eigenvalue weighted by atomic mass is 10.1. The zero-order valence-corrected chi connectivity index (χ0v) is 12.0. The molecule has 0 unspecified atom stereocenters. The highest BCUT2D eigenvalue weighted by atomic mass is 35.5. The van der Waals surface area contributed by atoms with Gasteiger partial charge in [0, 0.05) is 18.0 Å². The quantitative estimate of drug-likeness (QED) is 0.823. The molecule has 1 aromatic heterocycles. The molecule has 0 atom stereocenters. The Hall–Kier alpha value is -1.86. The van der Waals surface area contributed by atoms with Crippen molar-refractivity contribution in [1.29, 1.82) is 0 Å². The fraction of sp³-hybridized carbons (Fsp3) is 0.167. The van der Waals surface area contributed by atoms with Gasteiger partial charge in [0.2, 0.25) is 0 Å². The lowest BCUT2D eigenvalue weighted by Gasteiger charge is -2.08. The zero-order valence-electron chi connectivity index (χ0n) is 10.4. The Bertz CT molecular complexity index is 868. The second-order valence-electron chi connectivity index (χ2n) is 4.33. The van der Waals surface area contributed by atoms with Crippen LogP contribution in [0.5, 0.6) is 0 Å². The average Bonchev–Trinajstić information content (AvgIpc) is 2.34. The van der Waals surface area contributed by atoms with E-state index >= 15 is 0 Å². The SMILES string of the molecule is CS(=O)(=O)Cc1cccc(-c2c[nH][nH]c(=O)c2=O)c1Cl. The zero-order chi connectivity index (χ0) is 14.9. The molecule has 6 nitrogen and oxygen atoms in total. The second-order valence-corrected chi connectivity index (χ2v) is 6.85. The van der Waals surface area contributed by atoms with Crippen LogP contribution in [0.2, 0.25) is 5.02 Å². The van der Waals surface area contributed by atoms with Gasteiger partial charge in [0.15, 0.2) is 9.84 Å². The molecule has 0 spiro atoms. The highest BCUT2D eigenvalue weighted by molar-refractivity contribution is 7.89. The average molecular weight is 315 g/mol. The van der Waals surface area contributed by atoms with Gasteiger partial charge in [-0.15, -0.1) is 0 Å². The van der Waals surface area contributed by atoms with Crippen LogP contribution in [0.3, 0.4) is 0 Å². The predicted molar refractivity (Wildman–Crippen MR) is 76.7 cm³/mol. The van der Waals surface area contributed by atoms with Gasteiger partial charge in [0.05, 0.1) is 16.3 Å². The molecule has 0 saturated heterocycles. The summed E-state index contributed by atoms with van der Waals surface area (Å²) in [5.41, 5.74) is -0.741. The molecule has 1 heterocycles. The molecule has 0 bridgehead atoms. The van der Waals surface area contributed by atoms with Crippen molar-refractivity contribution < 1.29 is 8.42 Å². The van der Waals surface area contributed by atoms with E-state index in [1.165, 1.54) is 6.20 Å². The van der Waals surface area contributed by atoms with E-state index in [4.69, 9.17) is 11.6 Å². The summed E-state index contributed by atoms with van der Waals surface area (Å²) in [4.78, 5) is 23.1. The Morgan fingerprint density at radius 3 is 2.55 bits per heavy atom. The fourth-order valence-electron chi connectivity index (χ4n) is 1.80. The van der Waals surface area contributed by atoms with Gasteiger partial charge in [0.25, 0.3) is 5.43 Å². The van der Waals surface area contributed by atoms with Crippen LogP contribution >= 0.6 is 11.6 Å². The van der Waals surface area contributed by atoms with Crippen LogP contribution in [0.15, 0.2) is 34.0 Å². The molecule has 0 radical (unpaired) electrons. The van der Waals surface area contributed by atoms with Gasteiger partial charge in [-0.2, -0.15) is 0 Å².